The van der Waals surface area contributed by atoms with Crippen LogP contribution in [-0.4, -0.2) is 11.7 Å². The largest absolute Gasteiger partial charge is 0.396 e. The molecule has 4 nitrogen and oxygen atoms in total. The van der Waals surface area contributed by atoms with E-state index in [9.17, 15) is 0 Å². The molecule has 0 radical (unpaired) electrons. The zero-order valence-corrected chi connectivity index (χ0v) is 9.72. The third-order valence-corrected chi connectivity index (χ3v) is 2.62. The van der Waals surface area contributed by atoms with Gasteiger partial charge in [0, 0.05) is 11.5 Å². The first kappa shape index (κ1) is 12.6. The molecular formula is C12H17N3O. The van der Waals surface area contributed by atoms with Crippen molar-refractivity contribution >= 4 is 0 Å². The van der Waals surface area contributed by atoms with E-state index >= 15 is 0 Å². The maximum atomic E-state index is 8.82. The summed E-state index contributed by atoms with van der Waals surface area (Å²) in [6.45, 7) is 4.15. The fourth-order valence-corrected chi connectivity index (χ4v) is 1.74. The maximum Gasteiger partial charge on any atom is 0.0628 e. The Morgan fingerprint density at radius 2 is 2.19 bits per heavy atom. The summed E-state index contributed by atoms with van der Waals surface area (Å²) in [4.78, 5) is 2.88. The van der Waals surface area contributed by atoms with Crippen molar-refractivity contribution in [3.63, 3.8) is 0 Å². The third kappa shape index (κ3) is 3.26. The van der Waals surface area contributed by atoms with Crippen LogP contribution in [-0.2, 0) is 0 Å². The van der Waals surface area contributed by atoms with Gasteiger partial charge >= 0.3 is 0 Å². The Balaban J connectivity index is 2.99. The second-order valence-electron chi connectivity index (χ2n) is 3.95. The molecule has 0 amide bonds. The summed E-state index contributed by atoms with van der Waals surface area (Å²) in [5.74, 6) is 0. The molecule has 0 aliphatic carbocycles. The minimum atomic E-state index is -0.169. The molecule has 86 valence electrons. The number of aliphatic hydroxyl groups excluding tert-OH is 1. The van der Waals surface area contributed by atoms with Crippen LogP contribution < -0.4 is 0 Å². The molecule has 0 saturated carbocycles. The van der Waals surface area contributed by atoms with E-state index in [1.807, 2.05) is 32.0 Å². The predicted octanol–water partition coefficient (Wildman–Crippen LogP) is 3.43. The molecule has 1 atom stereocenters. The fraction of sp³-hybridized carbons (Fsp3) is 0.500. The third-order valence-electron chi connectivity index (χ3n) is 2.62. The van der Waals surface area contributed by atoms with E-state index in [4.69, 9.17) is 10.6 Å². The summed E-state index contributed by atoms with van der Waals surface area (Å²) in [5, 5.41) is 12.6. The van der Waals surface area contributed by atoms with Crippen molar-refractivity contribution in [1.82, 2.24) is 0 Å². The van der Waals surface area contributed by atoms with Crippen LogP contribution in [0, 0.1) is 13.8 Å². The Morgan fingerprint density at radius 3 is 2.81 bits per heavy atom. The van der Waals surface area contributed by atoms with Crippen molar-refractivity contribution in [2.45, 2.75) is 32.7 Å². The molecule has 0 aromatic heterocycles. The lowest BCUT2D eigenvalue weighted by molar-refractivity contribution is 0.280. The Hall–Kier alpha value is -1.51. The van der Waals surface area contributed by atoms with Crippen LogP contribution in [0.25, 0.3) is 10.4 Å². The van der Waals surface area contributed by atoms with Gasteiger partial charge in [-0.25, -0.2) is 0 Å². The summed E-state index contributed by atoms with van der Waals surface area (Å²) >= 11 is 0. The van der Waals surface area contributed by atoms with E-state index in [1.165, 1.54) is 0 Å². The lowest BCUT2D eigenvalue weighted by atomic mass is 9.96. The van der Waals surface area contributed by atoms with Crippen molar-refractivity contribution in [1.29, 1.82) is 0 Å². The van der Waals surface area contributed by atoms with E-state index in [0.29, 0.717) is 12.8 Å². The molecule has 1 aromatic rings. The number of hydrogen-bond donors (Lipinski definition) is 1. The van der Waals surface area contributed by atoms with Gasteiger partial charge in [0.1, 0.15) is 0 Å². The van der Waals surface area contributed by atoms with E-state index < -0.39 is 0 Å². The van der Waals surface area contributed by atoms with E-state index in [-0.39, 0.29) is 12.6 Å². The van der Waals surface area contributed by atoms with Crippen LogP contribution in [0.2, 0.25) is 0 Å². The highest BCUT2D eigenvalue weighted by Gasteiger charge is 2.11. The van der Waals surface area contributed by atoms with Crippen molar-refractivity contribution in [3.8, 4) is 0 Å². The Labute approximate surface area is 95.5 Å². The number of nitrogens with zero attached hydrogens (tertiary/aromatic N) is 3. The lowest BCUT2D eigenvalue weighted by Crippen LogP contribution is -2.00. The van der Waals surface area contributed by atoms with Gasteiger partial charge in [-0.2, -0.15) is 0 Å². The van der Waals surface area contributed by atoms with Crippen molar-refractivity contribution in [2.75, 3.05) is 6.61 Å². The number of aliphatic hydroxyl groups is 1. The van der Waals surface area contributed by atoms with Crippen molar-refractivity contribution in [2.24, 2.45) is 5.11 Å². The first-order chi connectivity index (χ1) is 7.69. The molecule has 0 spiro atoms. The quantitative estimate of drug-likeness (QED) is 0.460. The SMILES string of the molecule is Cc1ccc(C)c(C(CCCO)N=[N+]=[N-])c1. The number of hydrogen-bond acceptors (Lipinski definition) is 2. The van der Waals surface area contributed by atoms with Crippen LogP contribution in [0.15, 0.2) is 23.3 Å². The summed E-state index contributed by atoms with van der Waals surface area (Å²) < 4.78 is 0. The maximum absolute atomic E-state index is 8.82. The van der Waals surface area contributed by atoms with Crippen LogP contribution in [0.3, 0.4) is 0 Å². The minimum Gasteiger partial charge on any atom is -0.396 e. The Bertz CT molecular complexity index is 397. The van der Waals surface area contributed by atoms with Crippen LogP contribution in [0.1, 0.15) is 35.6 Å². The van der Waals surface area contributed by atoms with Gasteiger partial charge < -0.3 is 5.11 Å². The summed E-state index contributed by atoms with van der Waals surface area (Å²) in [7, 11) is 0. The molecule has 4 heteroatoms. The van der Waals surface area contributed by atoms with Crippen LogP contribution in [0.5, 0.6) is 0 Å². The predicted molar refractivity (Wildman–Crippen MR) is 64.1 cm³/mol. The molecular weight excluding hydrogens is 202 g/mol. The van der Waals surface area contributed by atoms with Gasteiger partial charge in [-0.1, -0.05) is 28.9 Å². The molecule has 0 fully saturated rings. The molecule has 0 bridgehead atoms. The minimum absolute atomic E-state index is 0.127. The molecule has 1 N–H and O–H groups in total. The van der Waals surface area contributed by atoms with Gasteiger partial charge in [0.25, 0.3) is 0 Å². The molecule has 1 rings (SSSR count). The average molecular weight is 219 g/mol. The number of benzene rings is 1. The van der Waals surface area contributed by atoms with E-state index in [2.05, 4.69) is 10.0 Å². The lowest BCUT2D eigenvalue weighted by Gasteiger charge is -2.14. The molecule has 0 heterocycles. The molecule has 1 aromatic carbocycles. The molecule has 16 heavy (non-hydrogen) atoms. The van der Waals surface area contributed by atoms with Crippen molar-refractivity contribution in [3.05, 3.63) is 45.3 Å². The first-order valence-corrected chi connectivity index (χ1v) is 5.41. The van der Waals surface area contributed by atoms with Gasteiger partial charge in [-0.05, 0) is 43.3 Å². The van der Waals surface area contributed by atoms with E-state index in [1.54, 1.807) is 0 Å². The zero-order valence-electron chi connectivity index (χ0n) is 9.72. The fourth-order valence-electron chi connectivity index (χ4n) is 1.74. The highest BCUT2D eigenvalue weighted by molar-refractivity contribution is 5.33. The Morgan fingerprint density at radius 1 is 1.44 bits per heavy atom. The molecule has 0 aliphatic rings. The van der Waals surface area contributed by atoms with Crippen molar-refractivity contribution < 1.29 is 5.11 Å². The van der Waals surface area contributed by atoms with Crippen LogP contribution >= 0.6 is 0 Å². The topological polar surface area (TPSA) is 69.0 Å². The number of azide groups is 1. The summed E-state index contributed by atoms with van der Waals surface area (Å²) in [6.07, 6.45) is 1.34. The van der Waals surface area contributed by atoms with Gasteiger partial charge in [0.2, 0.25) is 0 Å². The van der Waals surface area contributed by atoms with Crippen LogP contribution in [0.4, 0.5) is 0 Å². The first-order valence-electron chi connectivity index (χ1n) is 5.41. The van der Waals surface area contributed by atoms with E-state index in [0.717, 1.165) is 16.7 Å². The smallest absolute Gasteiger partial charge is 0.0628 e. The van der Waals surface area contributed by atoms with Gasteiger partial charge in [-0.15, -0.1) is 0 Å². The van der Waals surface area contributed by atoms with Gasteiger partial charge in [0.05, 0.1) is 6.04 Å². The zero-order chi connectivity index (χ0) is 12.0. The summed E-state index contributed by atoms with van der Waals surface area (Å²) in [5.41, 5.74) is 11.9. The molecule has 0 saturated heterocycles. The number of rotatable bonds is 5. The highest BCUT2D eigenvalue weighted by atomic mass is 16.2. The van der Waals surface area contributed by atoms with Gasteiger partial charge in [-0.3, -0.25) is 0 Å². The highest BCUT2D eigenvalue weighted by Crippen LogP contribution is 2.26. The second kappa shape index (κ2) is 6.16. The number of aryl methyl sites for hydroxylation is 2. The summed E-state index contributed by atoms with van der Waals surface area (Å²) in [6, 6.07) is 5.95. The molecule has 0 aliphatic heterocycles. The Kier molecular flexibility index (Phi) is 4.83. The van der Waals surface area contributed by atoms with Gasteiger partial charge in [0.15, 0.2) is 0 Å². The average Bonchev–Trinajstić information content (AvgIpc) is 2.28. The normalized spacial score (nSPS) is 11.9. The monoisotopic (exact) mass is 219 g/mol. The second-order valence-corrected chi connectivity index (χ2v) is 3.95. The molecule has 1 unspecified atom stereocenters. The standard InChI is InChI=1S/C12H17N3O/c1-9-5-6-10(2)11(8-9)12(14-15-13)4-3-7-16/h5-6,8,12,16H,3-4,7H2,1-2H3.